The Balaban J connectivity index is 2.17. The van der Waals surface area contributed by atoms with Gasteiger partial charge < -0.3 is 20.7 Å². The fraction of sp³-hybridized carbons (Fsp3) is 0.211. The van der Waals surface area contributed by atoms with Crippen LogP contribution in [-0.4, -0.2) is 26.5 Å². The molecule has 1 amide bonds. The summed E-state index contributed by atoms with van der Waals surface area (Å²) in [5.74, 6) is -1.17. The predicted molar refractivity (Wildman–Crippen MR) is 109 cm³/mol. The van der Waals surface area contributed by atoms with Crippen LogP contribution in [-0.2, 0) is 11.3 Å². The van der Waals surface area contributed by atoms with E-state index in [0.717, 1.165) is 0 Å². The number of hydrogen-bond acceptors (Lipinski definition) is 4. The van der Waals surface area contributed by atoms with Crippen molar-refractivity contribution in [1.29, 1.82) is 0 Å². The summed E-state index contributed by atoms with van der Waals surface area (Å²) in [5, 5.41) is 13.1. The van der Waals surface area contributed by atoms with E-state index in [1.54, 1.807) is 42.7 Å². The highest BCUT2D eigenvalue weighted by molar-refractivity contribution is 6.39. The fourth-order valence-electron chi connectivity index (χ4n) is 2.72. The number of primary amides is 1. The Morgan fingerprint density at radius 2 is 1.86 bits per heavy atom. The molecule has 0 radical (unpaired) electrons. The standard InChI is InChI=1S/C19H18Cl2N4O3/c1-19(2,17(22)28)9-25-14-7-6-10(16(26)27)8-13(14)23-18(25)24-15-11(20)4-3-5-12(15)21/h3-8H,9H2,1-2H3,(H2,22,28)(H,23,24)(H,26,27). The minimum atomic E-state index is -1.06. The van der Waals surface area contributed by atoms with Gasteiger partial charge >= 0.3 is 5.97 Å². The molecule has 0 aliphatic heterocycles. The Kier molecular flexibility index (Phi) is 5.23. The SMILES string of the molecule is CC(C)(Cn1c(Nc2c(Cl)cccc2Cl)nc2cc(C(=O)O)ccc21)C(N)=O. The van der Waals surface area contributed by atoms with Crippen LogP contribution in [0.15, 0.2) is 36.4 Å². The van der Waals surface area contributed by atoms with E-state index >= 15 is 0 Å². The van der Waals surface area contributed by atoms with E-state index in [9.17, 15) is 14.7 Å². The third-order valence-electron chi connectivity index (χ3n) is 4.42. The van der Waals surface area contributed by atoms with Crippen LogP contribution in [0.4, 0.5) is 11.6 Å². The Hall–Kier alpha value is -2.77. The number of nitrogens with two attached hydrogens (primary N) is 1. The lowest BCUT2D eigenvalue weighted by Crippen LogP contribution is -2.35. The van der Waals surface area contributed by atoms with Crippen LogP contribution in [0.25, 0.3) is 11.0 Å². The van der Waals surface area contributed by atoms with Crippen LogP contribution < -0.4 is 11.1 Å². The summed E-state index contributed by atoms with van der Waals surface area (Å²) in [7, 11) is 0. The molecule has 3 rings (SSSR count). The molecule has 0 unspecified atom stereocenters. The van der Waals surface area contributed by atoms with E-state index in [0.29, 0.717) is 32.7 Å². The molecule has 0 saturated carbocycles. The second kappa shape index (κ2) is 7.33. The average Bonchev–Trinajstić information content (AvgIpc) is 2.94. The van der Waals surface area contributed by atoms with Gasteiger partial charge in [-0.2, -0.15) is 0 Å². The molecule has 0 spiro atoms. The first-order valence-corrected chi connectivity index (χ1v) is 9.10. The molecule has 9 heteroatoms. The highest BCUT2D eigenvalue weighted by Gasteiger charge is 2.28. The van der Waals surface area contributed by atoms with Crippen molar-refractivity contribution in [2.24, 2.45) is 11.1 Å². The molecule has 146 valence electrons. The fourth-order valence-corrected chi connectivity index (χ4v) is 3.21. The number of carboxylic acid groups (broad SMARTS) is 1. The Morgan fingerprint density at radius 3 is 2.43 bits per heavy atom. The smallest absolute Gasteiger partial charge is 0.335 e. The first kappa shape index (κ1) is 20.0. The minimum absolute atomic E-state index is 0.105. The van der Waals surface area contributed by atoms with E-state index in [1.165, 1.54) is 12.1 Å². The summed E-state index contributed by atoms with van der Waals surface area (Å²) >= 11 is 12.5. The summed E-state index contributed by atoms with van der Waals surface area (Å²) in [6.07, 6.45) is 0. The number of amides is 1. The van der Waals surface area contributed by atoms with Gasteiger partial charge in [0.2, 0.25) is 11.9 Å². The maximum atomic E-state index is 11.9. The summed E-state index contributed by atoms with van der Waals surface area (Å²) < 4.78 is 1.76. The molecule has 0 aliphatic rings. The van der Waals surface area contributed by atoms with E-state index < -0.39 is 17.3 Å². The van der Waals surface area contributed by atoms with Crippen LogP contribution in [0, 0.1) is 5.41 Å². The molecule has 3 aromatic rings. The van der Waals surface area contributed by atoms with Gasteiger partial charge in [0.05, 0.1) is 37.7 Å². The Labute approximate surface area is 171 Å². The number of anilines is 2. The maximum Gasteiger partial charge on any atom is 0.335 e. The van der Waals surface area contributed by atoms with Crippen molar-refractivity contribution in [2.45, 2.75) is 20.4 Å². The predicted octanol–water partition coefficient (Wildman–Crippen LogP) is 4.30. The zero-order valence-corrected chi connectivity index (χ0v) is 16.7. The molecule has 1 aromatic heterocycles. The molecule has 4 N–H and O–H groups in total. The number of para-hydroxylation sites is 1. The third-order valence-corrected chi connectivity index (χ3v) is 5.05. The van der Waals surface area contributed by atoms with Crippen molar-refractivity contribution in [3.63, 3.8) is 0 Å². The van der Waals surface area contributed by atoms with Crippen molar-refractivity contribution in [3.8, 4) is 0 Å². The number of aromatic carboxylic acids is 1. The number of halogens is 2. The van der Waals surface area contributed by atoms with E-state index in [1.807, 2.05) is 0 Å². The molecule has 0 atom stereocenters. The number of carboxylic acids is 1. The van der Waals surface area contributed by atoms with E-state index in [4.69, 9.17) is 28.9 Å². The van der Waals surface area contributed by atoms with Gasteiger partial charge in [0.1, 0.15) is 0 Å². The minimum Gasteiger partial charge on any atom is -0.478 e. The highest BCUT2D eigenvalue weighted by atomic mass is 35.5. The molecule has 7 nitrogen and oxygen atoms in total. The number of hydrogen-bond donors (Lipinski definition) is 3. The normalized spacial score (nSPS) is 11.6. The number of rotatable bonds is 6. The number of fused-ring (bicyclic) bond motifs is 1. The number of benzene rings is 2. The lowest BCUT2D eigenvalue weighted by molar-refractivity contribution is -0.126. The molecule has 0 fully saturated rings. The van der Waals surface area contributed by atoms with Crippen LogP contribution >= 0.6 is 23.2 Å². The van der Waals surface area contributed by atoms with Gasteiger partial charge in [0, 0.05) is 6.54 Å². The highest BCUT2D eigenvalue weighted by Crippen LogP contribution is 2.34. The zero-order valence-electron chi connectivity index (χ0n) is 15.2. The zero-order chi connectivity index (χ0) is 20.6. The van der Waals surface area contributed by atoms with Gasteiger partial charge in [-0.1, -0.05) is 29.3 Å². The summed E-state index contributed by atoms with van der Waals surface area (Å²) in [5.41, 5.74) is 6.31. The van der Waals surface area contributed by atoms with Crippen molar-refractivity contribution in [3.05, 3.63) is 52.0 Å². The topological polar surface area (TPSA) is 110 Å². The second-order valence-corrected chi connectivity index (χ2v) is 7.81. The second-order valence-electron chi connectivity index (χ2n) is 7.00. The summed E-state index contributed by atoms with van der Waals surface area (Å²) in [4.78, 5) is 27.6. The van der Waals surface area contributed by atoms with E-state index in [-0.39, 0.29) is 12.1 Å². The molecular formula is C19H18Cl2N4O3. The van der Waals surface area contributed by atoms with Crippen molar-refractivity contribution in [1.82, 2.24) is 9.55 Å². The quantitative estimate of drug-likeness (QED) is 0.550. The molecular weight excluding hydrogens is 403 g/mol. The van der Waals surface area contributed by atoms with Crippen LogP contribution in [0.1, 0.15) is 24.2 Å². The van der Waals surface area contributed by atoms with Crippen LogP contribution in [0.2, 0.25) is 10.0 Å². The largest absolute Gasteiger partial charge is 0.478 e. The monoisotopic (exact) mass is 420 g/mol. The van der Waals surface area contributed by atoms with Crippen LogP contribution in [0.5, 0.6) is 0 Å². The summed E-state index contributed by atoms with van der Waals surface area (Å²) in [6.45, 7) is 3.66. The number of carbonyl (C=O) groups is 2. The average molecular weight is 421 g/mol. The molecule has 0 saturated heterocycles. The van der Waals surface area contributed by atoms with Crippen molar-refractivity contribution < 1.29 is 14.7 Å². The molecule has 2 aromatic carbocycles. The number of imidazole rings is 1. The van der Waals surface area contributed by atoms with Gasteiger partial charge in [-0.15, -0.1) is 0 Å². The lowest BCUT2D eigenvalue weighted by atomic mass is 9.92. The Morgan fingerprint density at radius 1 is 1.21 bits per heavy atom. The number of nitrogens with zero attached hydrogens (tertiary/aromatic N) is 2. The molecule has 0 bridgehead atoms. The van der Waals surface area contributed by atoms with Gasteiger partial charge in [-0.25, -0.2) is 9.78 Å². The van der Waals surface area contributed by atoms with Crippen molar-refractivity contribution in [2.75, 3.05) is 5.32 Å². The number of nitrogens with one attached hydrogen (secondary N) is 1. The molecule has 1 heterocycles. The van der Waals surface area contributed by atoms with Gasteiger partial charge in [0.25, 0.3) is 0 Å². The maximum absolute atomic E-state index is 11.9. The van der Waals surface area contributed by atoms with Gasteiger partial charge in [-0.05, 0) is 44.2 Å². The van der Waals surface area contributed by atoms with Gasteiger partial charge in [0.15, 0.2) is 0 Å². The summed E-state index contributed by atoms with van der Waals surface area (Å²) in [6, 6.07) is 9.66. The van der Waals surface area contributed by atoms with E-state index in [2.05, 4.69) is 10.3 Å². The third kappa shape index (κ3) is 3.76. The first-order valence-electron chi connectivity index (χ1n) is 8.34. The van der Waals surface area contributed by atoms with Crippen LogP contribution in [0.3, 0.4) is 0 Å². The number of carbonyl (C=O) groups excluding carboxylic acids is 1. The lowest BCUT2D eigenvalue weighted by Gasteiger charge is -2.23. The Bertz CT molecular complexity index is 1070. The van der Waals surface area contributed by atoms with Crippen molar-refractivity contribution >= 4 is 57.7 Å². The first-order chi connectivity index (χ1) is 13.1. The van der Waals surface area contributed by atoms with Gasteiger partial charge in [-0.3, -0.25) is 4.79 Å². The number of aromatic nitrogens is 2. The molecule has 28 heavy (non-hydrogen) atoms. The molecule has 0 aliphatic carbocycles.